The van der Waals surface area contributed by atoms with Gasteiger partial charge in [0.2, 0.25) is 5.91 Å². The van der Waals surface area contributed by atoms with Crippen molar-refractivity contribution < 1.29 is 19.1 Å². The molecule has 0 unspecified atom stereocenters. The standard InChI is InChI=1S/C27H27N5O4S/c1-16-10-19(20-11-17(12-28)5-6-23(20)35-2)21(13-29-16)25(33)31-27-30-22-7-8-32(14-24(22)37-27)26(34)18-4-3-9-36-15-18/h5-6,10-11,13,18H,3-4,7-9,14-15H2,1-2H3,(H,30,31,33)/t18-/m0/s1. The smallest absolute Gasteiger partial charge is 0.259 e. The second-order valence-corrected chi connectivity index (χ2v) is 10.2. The minimum atomic E-state index is -0.356. The number of ether oxygens (including phenoxy) is 2. The fourth-order valence-electron chi connectivity index (χ4n) is 4.75. The highest BCUT2D eigenvalue weighted by Crippen LogP contribution is 2.35. The van der Waals surface area contributed by atoms with Crippen LogP contribution in [0.4, 0.5) is 5.13 Å². The van der Waals surface area contributed by atoms with Gasteiger partial charge in [0.1, 0.15) is 5.75 Å². The van der Waals surface area contributed by atoms with Crippen LogP contribution in [0.5, 0.6) is 5.75 Å². The highest BCUT2D eigenvalue weighted by Gasteiger charge is 2.30. The molecular formula is C27H27N5O4S. The molecule has 10 heteroatoms. The molecule has 0 radical (unpaired) electrons. The van der Waals surface area contributed by atoms with Gasteiger partial charge in [-0.05, 0) is 44.0 Å². The zero-order chi connectivity index (χ0) is 25.9. The average molecular weight is 518 g/mol. The van der Waals surface area contributed by atoms with E-state index in [1.54, 1.807) is 31.4 Å². The monoisotopic (exact) mass is 517 g/mol. The van der Waals surface area contributed by atoms with E-state index < -0.39 is 0 Å². The highest BCUT2D eigenvalue weighted by molar-refractivity contribution is 7.15. The van der Waals surface area contributed by atoms with Crippen LogP contribution >= 0.6 is 11.3 Å². The average Bonchev–Trinajstić information content (AvgIpc) is 3.34. The largest absolute Gasteiger partial charge is 0.496 e. The molecule has 2 aliphatic heterocycles. The van der Waals surface area contributed by atoms with Gasteiger partial charge in [-0.1, -0.05) is 11.3 Å². The second kappa shape index (κ2) is 10.7. The van der Waals surface area contributed by atoms with Crippen LogP contribution < -0.4 is 10.1 Å². The molecule has 1 N–H and O–H groups in total. The summed E-state index contributed by atoms with van der Waals surface area (Å²) >= 11 is 1.39. The van der Waals surface area contributed by atoms with E-state index in [2.05, 4.69) is 21.4 Å². The lowest BCUT2D eigenvalue weighted by atomic mass is 9.97. The number of anilines is 1. The summed E-state index contributed by atoms with van der Waals surface area (Å²) in [6, 6.07) is 9.03. The van der Waals surface area contributed by atoms with Crippen LogP contribution in [-0.2, 0) is 22.5 Å². The summed E-state index contributed by atoms with van der Waals surface area (Å²) in [5, 5.41) is 12.8. The van der Waals surface area contributed by atoms with Crippen molar-refractivity contribution in [3.05, 3.63) is 57.9 Å². The maximum Gasteiger partial charge on any atom is 0.259 e. The molecule has 1 saturated heterocycles. The molecule has 9 nitrogen and oxygen atoms in total. The molecule has 5 rings (SSSR count). The van der Waals surface area contributed by atoms with E-state index in [0.29, 0.717) is 59.3 Å². The first kappa shape index (κ1) is 24.9. The summed E-state index contributed by atoms with van der Waals surface area (Å²) in [5.74, 6) is 0.251. The second-order valence-electron chi connectivity index (χ2n) is 9.17. The number of carbonyl (C=O) groups is 2. The quantitative estimate of drug-likeness (QED) is 0.544. The minimum absolute atomic E-state index is 0.0774. The van der Waals surface area contributed by atoms with E-state index in [4.69, 9.17) is 9.47 Å². The zero-order valence-electron chi connectivity index (χ0n) is 20.7. The van der Waals surface area contributed by atoms with E-state index >= 15 is 0 Å². The molecule has 0 bridgehead atoms. The van der Waals surface area contributed by atoms with Crippen molar-refractivity contribution in [2.45, 2.75) is 32.7 Å². The maximum absolute atomic E-state index is 13.4. The van der Waals surface area contributed by atoms with Crippen LogP contribution in [0.2, 0.25) is 0 Å². The molecule has 37 heavy (non-hydrogen) atoms. The number of aryl methyl sites for hydroxylation is 1. The number of nitrogens with zero attached hydrogens (tertiary/aromatic N) is 4. The number of pyridine rings is 1. The molecule has 1 fully saturated rings. The van der Waals surface area contributed by atoms with Crippen molar-refractivity contribution in [3.8, 4) is 22.9 Å². The Balaban J connectivity index is 1.37. The number of methoxy groups -OCH3 is 1. The molecule has 2 amide bonds. The first-order valence-electron chi connectivity index (χ1n) is 12.2. The van der Waals surface area contributed by atoms with Gasteiger partial charge in [-0.25, -0.2) is 4.98 Å². The fourth-order valence-corrected chi connectivity index (χ4v) is 5.77. The number of nitrogens with one attached hydrogen (secondary N) is 1. The van der Waals surface area contributed by atoms with Gasteiger partial charge in [0.25, 0.3) is 5.91 Å². The number of amides is 2. The summed E-state index contributed by atoms with van der Waals surface area (Å²) in [4.78, 5) is 38.2. The Morgan fingerprint density at radius 3 is 2.92 bits per heavy atom. The number of thiazole rings is 1. The van der Waals surface area contributed by atoms with Crippen molar-refractivity contribution >= 4 is 28.3 Å². The lowest BCUT2D eigenvalue weighted by molar-refractivity contribution is -0.140. The number of hydrogen-bond donors (Lipinski definition) is 1. The predicted octanol–water partition coefficient (Wildman–Crippen LogP) is 3.96. The van der Waals surface area contributed by atoms with Crippen LogP contribution in [0.15, 0.2) is 30.5 Å². The Morgan fingerprint density at radius 1 is 1.30 bits per heavy atom. The van der Waals surface area contributed by atoms with Crippen LogP contribution in [-0.4, -0.2) is 53.6 Å². The van der Waals surface area contributed by atoms with Gasteiger partial charge >= 0.3 is 0 Å². The molecule has 0 spiro atoms. The third-order valence-electron chi connectivity index (χ3n) is 6.68. The molecule has 2 aromatic heterocycles. The van der Waals surface area contributed by atoms with E-state index in [1.807, 2.05) is 11.8 Å². The van der Waals surface area contributed by atoms with Crippen LogP contribution in [0.1, 0.15) is 45.0 Å². The molecule has 1 aromatic carbocycles. The van der Waals surface area contributed by atoms with Gasteiger partial charge in [-0.15, -0.1) is 0 Å². The number of fused-ring (bicyclic) bond motifs is 1. The fraction of sp³-hybridized carbons (Fsp3) is 0.370. The first-order chi connectivity index (χ1) is 18.0. The van der Waals surface area contributed by atoms with Crippen molar-refractivity contribution in [2.24, 2.45) is 5.92 Å². The Kier molecular flexibility index (Phi) is 7.17. The summed E-state index contributed by atoms with van der Waals surface area (Å²) < 4.78 is 11.0. The molecule has 2 aliphatic rings. The van der Waals surface area contributed by atoms with Gasteiger partial charge < -0.3 is 14.4 Å². The predicted molar refractivity (Wildman–Crippen MR) is 138 cm³/mol. The first-order valence-corrected chi connectivity index (χ1v) is 13.0. The summed E-state index contributed by atoms with van der Waals surface area (Å²) in [7, 11) is 1.55. The molecule has 3 aromatic rings. The van der Waals surface area contributed by atoms with Crippen molar-refractivity contribution in [1.82, 2.24) is 14.9 Å². The molecule has 0 saturated carbocycles. The highest BCUT2D eigenvalue weighted by atomic mass is 32.1. The number of rotatable bonds is 5. The van der Waals surface area contributed by atoms with Gasteiger partial charge in [-0.3, -0.25) is 19.9 Å². The van der Waals surface area contributed by atoms with Crippen LogP contribution in [0, 0.1) is 24.2 Å². The Bertz CT molecular complexity index is 1390. The number of carbonyl (C=O) groups excluding carboxylic acids is 2. The number of nitriles is 1. The van der Waals surface area contributed by atoms with E-state index in [-0.39, 0.29) is 17.7 Å². The van der Waals surface area contributed by atoms with Crippen molar-refractivity contribution in [3.63, 3.8) is 0 Å². The lowest BCUT2D eigenvalue weighted by Crippen LogP contribution is -2.41. The van der Waals surface area contributed by atoms with Crippen molar-refractivity contribution in [1.29, 1.82) is 5.26 Å². The Labute approximate surface area is 219 Å². The summed E-state index contributed by atoms with van der Waals surface area (Å²) in [5.41, 5.74) is 3.70. The summed E-state index contributed by atoms with van der Waals surface area (Å²) in [6.07, 6.45) is 3.95. The topological polar surface area (TPSA) is 117 Å². The molecule has 4 heterocycles. The number of benzene rings is 1. The SMILES string of the molecule is COc1ccc(C#N)cc1-c1cc(C)ncc1C(=O)Nc1nc2c(s1)CN(C(=O)[C@H]1CCCOC1)CC2. The lowest BCUT2D eigenvalue weighted by Gasteiger charge is -2.31. The minimum Gasteiger partial charge on any atom is -0.496 e. The van der Waals surface area contributed by atoms with E-state index in [1.165, 1.54) is 17.5 Å². The van der Waals surface area contributed by atoms with Crippen LogP contribution in [0.25, 0.3) is 11.1 Å². The Hall–Kier alpha value is -3.81. The Morgan fingerprint density at radius 2 is 2.16 bits per heavy atom. The number of aromatic nitrogens is 2. The zero-order valence-corrected chi connectivity index (χ0v) is 21.6. The van der Waals surface area contributed by atoms with Gasteiger partial charge in [0, 0.05) is 47.5 Å². The summed E-state index contributed by atoms with van der Waals surface area (Å²) in [6.45, 7) is 4.16. The number of hydrogen-bond acceptors (Lipinski definition) is 8. The van der Waals surface area contributed by atoms with E-state index in [0.717, 1.165) is 35.7 Å². The van der Waals surface area contributed by atoms with Gasteiger partial charge in [-0.2, -0.15) is 5.26 Å². The maximum atomic E-state index is 13.4. The third-order valence-corrected chi connectivity index (χ3v) is 7.67. The molecule has 190 valence electrons. The third kappa shape index (κ3) is 5.19. The van der Waals surface area contributed by atoms with Gasteiger partial charge in [0.15, 0.2) is 5.13 Å². The molecule has 0 aliphatic carbocycles. The molecule has 1 atom stereocenters. The van der Waals surface area contributed by atoms with E-state index in [9.17, 15) is 14.9 Å². The van der Waals surface area contributed by atoms with Crippen LogP contribution in [0.3, 0.4) is 0 Å². The normalized spacial score (nSPS) is 17.0. The van der Waals surface area contributed by atoms with Gasteiger partial charge in [0.05, 0.1) is 49.1 Å². The molecular weight excluding hydrogens is 490 g/mol. The van der Waals surface area contributed by atoms with Crippen molar-refractivity contribution in [2.75, 3.05) is 32.2 Å².